The molecular weight excluding hydrogens is 293 g/mol. The van der Waals surface area contributed by atoms with E-state index in [4.69, 9.17) is 15.2 Å². The Morgan fingerprint density at radius 2 is 2.24 bits per heavy atom. The van der Waals surface area contributed by atoms with E-state index >= 15 is 0 Å². The number of nitrogen functional groups attached to an aromatic ring is 1. The van der Waals surface area contributed by atoms with Gasteiger partial charge in [-0.3, -0.25) is 0 Å². The molecule has 94 valence electrons. The molecule has 0 saturated carbocycles. The maximum Gasteiger partial charge on any atom is 0.339 e. The molecule has 6 heteroatoms. The Morgan fingerprint density at radius 1 is 1.59 bits per heavy atom. The van der Waals surface area contributed by atoms with Gasteiger partial charge in [-0.1, -0.05) is 0 Å². The van der Waals surface area contributed by atoms with Crippen molar-refractivity contribution in [3.63, 3.8) is 0 Å². The molecule has 1 aromatic rings. The van der Waals surface area contributed by atoms with Gasteiger partial charge in [0.2, 0.25) is 0 Å². The highest BCUT2D eigenvalue weighted by Gasteiger charge is 2.17. The van der Waals surface area contributed by atoms with Crippen LogP contribution in [0.4, 0.5) is 10.1 Å². The first kappa shape index (κ1) is 13.9. The summed E-state index contributed by atoms with van der Waals surface area (Å²) in [6.45, 7) is 1.99. The van der Waals surface area contributed by atoms with Gasteiger partial charge in [0.1, 0.15) is 11.9 Å². The Morgan fingerprint density at radius 3 is 2.82 bits per heavy atom. The van der Waals surface area contributed by atoms with Crippen LogP contribution in [0, 0.1) is 5.82 Å². The number of benzene rings is 1. The van der Waals surface area contributed by atoms with Crippen LogP contribution >= 0.6 is 15.9 Å². The van der Waals surface area contributed by atoms with Crippen molar-refractivity contribution < 1.29 is 18.7 Å². The SMILES string of the molecule is COCC(C)OC(=O)c1cc(N)c(F)cc1Br. The van der Waals surface area contributed by atoms with Crippen LogP contribution in [-0.2, 0) is 9.47 Å². The number of rotatable bonds is 4. The Kier molecular flexibility index (Phi) is 4.89. The van der Waals surface area contributed by atoms with Crippen molar-refractivity contribution in [3.05, 3.63) is 28.0 Å². The van der Waals surface area contributed by atoms with Crippen LogP contribution in [0.2, 0.25) is 0 Å². The fourth-order valence-electron chi connectivity index (χ4n) is 1.24. The molecule has 1 rings (SSSR count). The summed E-state index contributed by atoms with van der Waals surface area (Å²) in [5, 5.41) is 0. The van der Waals surface area contributed by atoms with Gasteiger partial charge in [-0.05, 0) is 35.0 Å². The quantitative estimate of drug-likeness (QED) is 0.685. The van der Waals surface area contributed by atoms with Crippen molar-refractivity contribution in [1.82, 2.24) is 0 Å². The van der Waals surface area contributed by atoms with Crippen LogP contribution < -0.4 is 5.73 Å². The topological polar surface area (TPSA) is 61.5 Å². The van der Waals surface area contributed by atoms with Gasteiger partial charge in [-0.15, -0.1) is 0 Å². The van der Waals surface area contributed by atoms with E-state index in [1.807, 2.05) is 0 Å². The molecule has 0 saturated heterocycles. The normalized spacial score (nSPS) is 12.2. The average molecular weight is 306 g/mol. The second-order valence-corrected chi connectivity index (χ2v) is 4.38. The van der Waals surface area contributed by atoms with Gasteiger partial charge in [-0.2, -0.15) is 0 Å². The maximum absolute atomic E-state index is 13.1. The highest BCUT2D eigenvalue weighted by Crippen LogP contribution is 2.23. The molecule has 0 aliphatic carbocycles. The van der Waals surface area contributed by atoms with E-state index in [1.165, 1.54) is 13.2 Å². The molecule has 2 N–H and O–H groups in total. The molecule has 0 heterocycles. The standard InChI is InChI=1S/C11H13BrFNO3/c1-6(5-16-2)17-11(15)7-3-10(14)9(13)4-8(7)12/h3-4,6H,5,14H2,1-2H3. The zero-order valence-corrected chi connectivity index (χ0v) is 11.1. The minimum atomic E-state index is -0.585. The second kappa shape index (κ2) is 5.97. The molecular formula is C11H13BrFNO3. The lowest BCUT2D eigenvalue weighted by molar-refractivity contribution is 0.0119. The minimum Gasteiger partial charge on any atom is -0.457 e. The molecule has 0 radical (unpaired) electrons. The summed E-state index contributed by atoms with van der Waals surface area (Å²) in [5.74, 6) is -1.16. The number of hydrogen-bond donors (Lipinski definition) is 1. The maximum atomic E-state index is 13.1. The molecule has 0 fully saturated rings. The molecule has 1 atom stereocenters. The van der Waals surface area contributed by atoms with Gasteiger partial charge < -0.3 is 15.2 Å². The van der Waals surface area contributed by atoms with Crippen molar-refractivity contribution in [3.8, 4) is 0 Å². The zero-order valence-electron chi connectivity index (χ0n) is 9.50. The number of halogens is 2. The van der Waals surface area contributed by atoms with Gasteiger partial charge in [0.15, 0.2) is 0 Å². The van der Waals surface area contributed by atoms with Crippen molar-refractivity contribution in [1.29, 1.82) is 0 Å². The smallest absolute Gasteiger partial charge is 0.339 e. The Balaban J connectivity index is 2.86. The first-order valence-corrected chi connectivity index (χ1v) is 5.69. The summed E-state index contributed by atoms with van der Waals surface area (Å²) < 4.78 is 23.3. The van der Waals surface area contributed by atoms with Crippen molar-refractivity contribution in [2.75, 3.05) is 19.5 Å². The van der Waals surface area contributed by atoms with E-state index in [2.05, 4.69) is 15.9 Å². The van der Waals surface area contributed by atoms with Crippen LogP contribution in [0.25, 0.3) is 0 Å². The van der Waals surface area contributed by atoms with E-state index in [0.29, 0.717) is 11.1 Å². The second-order valence-electron chi connectivity index (χ2n) is 3.52. The first-order chi connectivity index (χ1) is 7.95. The number of carbonyl (C=O) groups excluding carboxylic acids is 1. The number of anilines is 1. The molecule has 0 bridgehead atoms. The zero-order chi connectivity index (χ0) is 13.0. The van der Waals surface area contributed by atoms with Gasteiger partial charge in [-0.25, -0.2) is 9.18 Å². The number of methoxy groups -OCH3 is 1. The fourth-order valence-corrected chi connectivity index (χ4v) is 1.71. The van der Waals surface area contributed by atoms with Crippen LogP contribution in [0.15, 0.2) is 16.6 Å². The van der Waals surface area contributed by atoms with Gasteiger partial charge in [0, 0.05) is 11.6 Å². The highest BCUT2D eigenvalue weighted by atomic mass is 79.9. The van der Waals surface area contributed by atoms with E-state index in [9.17, 15) is 9.18 Å². The molecule has 0 aliphatic rings. The highest BCUT2D eigenvalue weighted by molar-refractivity contribution is 9.10. The summed E-state index contributed by atoms with van der Waals surface area (Å²) in [4.78, 5) is 11.7. The van der Waals surface area contributed by atoms with Gasteiger partial charge >= 0.3 is 5.97 Å². The monoisotopic (exact) mass is 305 g/mol. The van der Waals surface area contributed by atoms with Crippen LogP contribution in [0.5, 0.6) is 0 Å². The van der Waals surface area contributed by atoms with E-state index in [0.717, 1.165) is 6.07 Å². The Hall–Kier alpha value is -1.14. The lowest BCUT2D eigenvalue weighted by atomic mass is 10.2. The summed E-state index contributed by atoms with van der Waals surface area (Å²) >= 11 is 3.08. The summed E-state index contributed by atoms with van der Waals surface area (Å²) in [5.41, 5.74) is 5.48. The fraction of sp³-hybridized carbons (Fsp3) is 0.364. The van der Waals surface area contributed by atoms with Crippen molar-refractivity contribution >= 4 is 27.6 Å². The average Bonchev–Trinajstić information content (AvgIpc) is 2.23. The van der Waals surface area contributed by atoms with E-state index < -0.39 is 11.8 Å². The largest absolute Gasteiger partial charge is 0.457 e. The van der Waals surface area contributed by atoms with Crippen LogP contribution in [0.1, 0.15) is 17.3 Å². The van der Waals surface area contributed by atoms with E-state index in [-0.39, 0.29) is 17.4 Å². The minimum absolute atomic E-state index is 0.0976. The summed E-state index contributed by atoms with van der Waals surface area (Å²) in [6.07, 6.45) is -0.384. The molecule has 0 amide bonds. The third-order valence-corrected chi connectivity index (χ3v) is 2.67. The molecule has 17 heavy (non-hydrogen) atoms. The lowest BCUT2D eigenvalue weighted by Gasteiger charge is -2.13. The number of nitrogens with two attached hydrogens (primary N) is 1. The van der Waals surface area contributed by atoms with Crippen LogP contribution in [-0.4, -0.2) is 25.8 Å². The predicted molar refractivity (Wildman–Crippen MR) is 65.3 cm³/mol. The molecule has 1 unspecified atom stereocenters. The van der Waals surface area contributed by atoms with Crippen molar-refractivity contribution in [2.45, 2.75) is 13.0 Å². The van der Waals surface area contributed by atoms with Gasteiger partial charge in [0.25, 0.3) is 0 Å². The number of esters is 1. The van der Waals surface area contributed by atoms with E-state index in [1.54, 1.807) is 6.92 Å². The number of carbonyl (C=O) groups is 1. The summed E-state index contributed by atoms with van der Waals surface area (Å²) in [6, 6.07) is 2.37. The van der Waals surface area contributed by atoms with Gasteiger partial charge in [0.05, 0.1) is 17.9 Å². The molecule has 1 aromatic carbocycles. The Labute approximate surface area is 107 Å². The van der Waals surface area contributed by atoms with Crippen molar-refractivity contribution in [2.24, 2.45) is 0 Å². The molecule has 0 spiro atoms. The third-order valence-electron chi connectivity index (χ3n) is 2.02. The van der Waals surface area contributed by atoms with Crippen LogP contribution in [0.3, 0.4) is 0 Å². The predicted octanol–water partition coefficient (Wildman–Crippen LogP) is 2.36. The number of ether oxygens (including phenoxy) is 2. The molecule has 0 aliphatic heterocycles. The first-order valence-electron chi connectivity index (χ1n) is 4.90. The lowest BCUT2D eigenvalue weighted by Crippen LogP contribution is -2.20. The molecule has 0 aromatic heterocycles. The Bertz CT molecular complexity index is 425. The third kappa shape index (κ3) is 3.67. The molecule has 4 nitrogen and oxygen atoms in total. The number of hydrogen-bond acceptors (Lipinski definition) is 4. The summed E-state index contributed by atoms with van der Waals surface area (Å²) in [7, 11) is 1.51.